The second-order valence-corrected chi connectivity index (χ2v) is 6.69. The molecule has 3 atom stereocenters. The number of rotatable bonds is 5. The van der Waals surface area contributed by atoms with E-state index in [1.54, 1.807) is 12.4 Å². The van der Waals surface area contributed by atoms with Crippen molar-refractivity contribution in [1.82, 2.24) is 15.3 Å². The number of piperidine rings is 1. The van der Waals surface area contributed by atoms with Gasteiger partial charge in [0, 0.05) is 37.3 Å². The van der Waals surface area contributed by atoms with Gasteiger partial charge in [-0.3, -0.25) is 4.98 Å². The number of nitrogens with zero attached hydrogens (tertiary/aromatic N) is 4. The highest BCUT2D eigenvalue weighted by Crippen LogP contribution is 2.30. The van der Waals surface area contributed by atoms with Gasteiger partial charge in [0.15, 0.2) is 5.69 Å². The van der Waals surface area contributed by atoms with Gasteiger partial charge >= 0.3 is 0 Å². The Bertz CT molecular complexity index is 776. The van der Waals surface area contributed by atoms with Crippen LogP contribution in [0.25, 0.3) is 10.9 Å². The molecular weight excluding hydrogens is 318 g/mol. The Labute approximate surface area is 146 Å². The van der Waals surface area contributed by atoms with Crippen LogP contribution in [0.15, 0.2) is 24.5 Å². The van der Waals surface area contributed by atoms with Gasteiger partial charge in [0.05, 0.1) is 24.6 Å². The first-order chi connectivity index (χ1) is 12.1. The zero-order valence-corrected chi connectivity index (χ0v) is 14.3. The lowest BCUT2D eigenvalue weighted by Crippen LogP contribution is -2.50. The average molecular weight is 341 g/mol. The zero-order chi connectivity index (χ0) is 17.8. The minimum atomic E-state index is -0.743. The number of hydrogen-bond acceptors (Lipinski definition) is 7. The van der Waals surface area contributed by atoms with Crippen LogP contribution in [0.3, 0.4) is 0 Å². The molecule has 1 aliphatic heterocycles. The minimum absolute atomic E-state index is 0.215. The highest BCUT2D eigenvalue weighted by molar-refractivity contribution is 5.93. The fourth-order valence-corrected chi connectivity index (χ4v) is 3.45. The van der Waals surface area contributed by atoms with Crippen LogP contribution in [0.4, 0.5) is 5.69 Å². The highest BCUT2D eigenvalue weighted by atomic mass is 16.3. The minimum Gasteiger partial charge on any atom is -0.394 e. The number of aromatic nitrogens is 2. The number of anilines is 1. The van der Waals surface area contributed by atoms with E-state index in [2.05, 4.69) is 33.2 Å². The monoisotopic (exact) mass is 341 g/mol. The first-order valence-corrected chi connectivity index (χ1v) is 8.53. The van der Waals surface area contributed by atoms with E-state index in [4.69, 9.17) is 5.11 Å². The van der Waals surface area contributed by atoms with Gasteiger partial charge in [-0.05, 0) is 24.5 Å². The molecule has 0 spiro atoms. The number of nitriles is 1. The highest BCUT2D eigenvalue weighted by Gasteiger charge is 2.26. The predicted octanol–water partition coefficient (Wildman–Crippen LogP) is 0.659. The molecule has 25 heavy (non-hydrogen) atoms. The van der Waals surface area contributed by atoms with Crippen molar-refractivity contribution < 1.29 is 10.2 Å². The van der Waals surface area contributed by atoms with Crippen molar-refractivity contribution >= 4 is 16.6 Å². The third-order valence-corrected chi connectivity index (χ3v) is 4.58. The molecule has 1 unspecified atom stereocenters. The van der Waals surface area contributed by atoms with E-state index in [0.29, 0.717) is 23.7 Å². The zero-order valence-electron chi connectivity index (χ0n) is 14.3. The summed E-state index contributed by atoms with van der Waals surface area (Å²) in [6.07, 6.45) is 3.69. The van der Waals surface area contributed by atoms with Crippen LogP contribution in [0.1, 0.15) is 19.0 Å². The number of hydrogen-bond donors (Lipinski definition) is 3. The number of aliphatic hydroxyl groups excluding tert-OH is 2. The molecule has 3 N–H and O–H groups in total. The van der Waals surface area contributed by atoms with Gasteiger partial charge in [-0.1, -0.05) is 6.92 Å². The summed E-state index contributed by atoms with van der Waals surface area (Å²) in [6, 6.07) is 6.15. The van der Waals surface area contributed by atoms with E-state index < -0.39 is 6.10 Å². The number of fused-ring (bicyclic) bond motifs is 1. The van der Waals surface area contributed by atoms with Crippen molar-refractivity contribution in [3.8, 4) is 6.07 Å². The largest absolute Gasteiger partial charge is 0.394 e. The van der Waals surface area contributed by atoms with Crippen molar-refractivity contribution in [1.29, 1.82) is 5.26 Å². The van der Waals surface area contributed by atoms with Crippen molar-refractivity contribution in [3.63, 3.8) is 0 Å². The molecule has 1 fully saturated rings. The molecule has 0 aliphatic carbocycles. The summed E-state index contributed by atoms with van der Waals surface area (Å²) in [4.78, 5) is 10.9. The SMILES string of the molecule is C[C@H]1C[C@@H](NCC(O)CO)CN(c2cnc(C#N)c3ncccc23)C1. The third kappa shape index (κ3) is 3.87. The lowest BCUT2D eigenvalue weighted by molar-refractivity contribution is 0.0905. The maximum absolute atomic E-state index is 9.56. The standard InChI is InChI=1S/C18H23N5O2/c1-12-5-13(21-7-14(25)11-24)10-23(9-12)17-8-22-16(6-19)18-15(17)3-2-4-20-18/h2-4,8,12-14,21,24-25H,5,7,9-11H2,1H3/t12-,13+,14?/m0/s1. The quantitative estimate of drug-likeness (QED) is 0.733. The molecule has 1 aliphatic rings. The summed E-state index contributed by atoms with van der Waals surface area (Å²) in [5.41, 5.74) is 1.94. The normalized spacial score (nSPS) is 21.9. The Hall–Kier alpha value is -2.27. The van der Waals surface area contributed by atoms with Gasteiger partial charge in [-0.25, -0.2) is 4.98 Å². The van der Waals surface area contributed by atoms with Crippen LogP contribution < -0.4 is 10.2 Å². The van der Waals surface area contributed by atoms with Crippen molar-refractivity contribution in [2.75, 3.05) is 31.1 Å². The molecule has 3 heterocycles. The molecule has 0 bridgehead atoms. The molecule has 3 rings (SSSR count). The lowest BCUT2D eigenvalue weighted by Gasteiger charge is -2.39. The molecule has 2 aromatic rings. The maximum atomic E-state index is 9.56. The summed E-state index contributed by atoms with van der Waals surface area (Å²) in [5.74, 6) is 0.472. The summed E-state index contributed by atoms with van der Waals surface area (Å²) in [7, 11) is 0. The van der Waals surface area contributed by atoms with E-state index in [0.717, 1.165) is 30.6 Å². The van der Waals surface area contributed by atoms with Crippen LogP contribution in [0.5, 0.6) is 0 Å². The smallest absolute Gasteiger partial charge is 0.166 e. The first-order valence-electron chi connectivity index (χ1n) is 8.53. The Morgan fingerprint density at radius 2 is 2.28 bits per heavy atom. The van der Waals surface area contributed by atoms with Crippen LogP contribution in [0.2, 0.25) is 0 Å². The number of nitrogens with one attached hydrogen (secondary N) is 1. The predicted molar refractivity (Wildman–Crippen MR) is 95.1 cm³/mol. The fourth-order valence-electron chi connectivity index (χ4n) is 3.45. The summed E-state index contributed by atoms with van der Waals surface area (Å²) >= 11 is 0. The van der Waals surface area contributed by atoms with Crippen LogP contribution in [-0.2, 0) is 0 Å². The average Bonchev–Trinajstić information content (AvgIpc) is 2.64. The first kappa shape index (κ1) is 17.5. The second kappa shape index (κ2) is 7.74. The lowest BCUT2D eigenvalue weighted by atomic mass is 9.95. The fraction of sp³-hybridized carbons (Fsp3) is 0.500. The van der Waals surface area contributed by atoms with Crippen molar-refractivity contribution in [2.24, 2.45) is 5.92 Å². The van der Waals surface area contributed by atoms with Crippen LogP contribution in [-0.4, -0.2) is 58.6 Å². The van der Waals surface area contributed by atoms with Gasteiger partial charge in [0.25, 0.3) is 0 Å². The van der Waals surface area contributed by atoms with Crippen molar-refractivity contribution in [3.05, 3.63) is 30.2 Å². The Morgan fingerprint density at radius 1 is 1.44 bits per heavy atom. The second-order valence-electron chi connectivity index (χ2n) is 6.69. The Balaban J connectivity index is 1.86. The molecular formula is C18H23N5O2. The topological polar surface area (TPSA) is 105 Å². The van der Waals surface area contributed by atoms with E-state index in [9.17, 15) is 10.4 Å². The van der Waals surface area contributed by atoms with Crippen LogP contribution >= 0.6 is 0 Å². The van der Waals surface area contributed by atoms with Gasteiger partial charge in [0.2, 0.25) is 0 Å². The van der Waals surface area contributed by atoms with Gasteiger partial charge in [-0.2, -0.15) is 5.26 Å². The number of aliphatic hydroxyl groups is 2. The molecule has 2 aromatic heterocycles. The third-order valence-electron chi connectivity index (χ3n) is 4.58. The maximum Gasteiger partial charge on any atom is 0.166 e. The van der Waals surface area contributed by atoms with Crippen molar-refractivity contribution in [2.45, 2.75) is 25.5 Å². The van der Waals surface area contributed by atoms with E-state index in [1.165, 1.54) is 0 Å². The molecule has 0 radical (unpaired) electrons. The van der Waals surface area contributed by atoms with Gasteiger partial charge < -0.3 is 20.4 Å². The summed E-state index contributed by atoms with van der Waals surface area (Å²) < 4.78 is 0. The molecule has 0 aromatic carbocycles. The molecule has 0 amide bonds. The molecule has 7 nitrogen and oxygen atoms in total. The molecule has 0 saturated carbocycles. The van der Waals surface area contributed by atoms with E-state index in [-0.39, 0.29) is 12.6 Å². The van der Waals surface area contributed by atoms with Gasteiger partial charge in [0.1, 0.15) is 11.6 Å². The molecule has 132 valence electrons. The molecule has 7 heteroatoms. The Morgan fingerprint density at radius 3 is 3.04 bits per heavy atom. The van der Waals surface area contributed by atoms with Crippen LogP contribution in [0, 0.1) is 17.2 Å². The number of pyridine rings is 2. The summed E-state index contributed by atoms with van der Waals surface area (Å²) in [6.45, 7) is 4.00. The van der Waals surface area contributed by atoms with E-state index in [1.807, 2.05) is 12.1 Å². The van der Waals surface area contributed by atoms with Gasteiger partial charge in [-0.15, -0.1) is 0 Å². The van der Waals surface area contributed by atoms with E-state index >= 15 is 0 Å². The summed E-state index contributed by atoms with van der Waals surface area (Å²) in [5, 5.41) is 32.0. The Kier molecular flexibility index (Phi) is 5.43. The molecule has 1 saturated heterocycles.